The largest absolute Gasteiger partial charge is 0.381 e. The highest BCUT2D eigenvalue weighted by Gasteiger charge is 2.22. The number of halogens is 2. The average Bonchev–Trinajstić information content (AvgIpc) is 2.71. The number of rotatable bonds is 4. The molecule has 0 fully saturated rings. The van der Waals surface area contributed by atoms with Gasteiger partial charge in [-0.3, -0.25) is 0 Å². The Morgan fingerprint density at radius 3 is 2.75 bits per heavy atom. The zero-order chi connectivity index (χ0) is 14.9. The minimum atomic E-state index is -3.81. The van der Waals surface area contributed by atoms with Crippen molar-refractivity contribution in [3.05, 3.63) is 40.9 Å². The maximum Gasteiger partial charge on any atom is 0.260 e. The van der Waals surface area contributed by atoms with Crippen LogP contribution >= 0.6 is 11.6 Å². The van der Waals surface area contributed by atoms with Gasteiger partial charge in [0.1, 0.15) is 5.82 Å². The minimum absolute atomic E-state index is 0.0348. The first-order chi connectivity index (χ1) is 9.31. The maximum atomic E-state index is 13.0. The second kappa shape index (κ2) is 5.39. The fraction of sp³-hybridized carbons (Fsp3) is 0.182. The number of aromatic nitrogens is 2. The molecule has 0 atom stereocenters. The van der Waals surface area contributed by atoms with Crippen molar-refractivity contribution in [1.29, 1.82) is 0 Å². The third-order valence-corrected chi connectivity index (χ3v) is 4.43. The Bertz CT molecular complexity index is 725. The predicted octanol–water partition coefficient (Wildman–Crippen LogP) is 1.27. The van der Waals surface area contributed by atoms with Crippen LogP contribution in [-0.2, 0) is 23.6 Å². The van der Waals surface area contributed by atoms with Crippen molar-refractivity contribution in [3.63, 3.8) is 0 Å². The lowest BCUT2D eigenvalue weighted by atomic mass is 10.2. The molecule has 9 heteroatoms. The number of anilines is 1. The normalized spacial score (nSPS) is 11.8. The molecule has 1 aromatic carbocycles. The Balaban J connectivity index is 2.19. The zero-order valence-electron chi connectivity index (χ0n) is 10.5. The van der Waals surface area contributed by atoms with Crippen LogP contribution in [0.25, 0.3) is 0 Å². The van der Waals surface area contributed by atoms with E-state index in [4.69, 9.17) is 17.3 Å². The first-order valence-corrected chi connectivity index (χ1v) is 7.38. The van der Waals surface area contributed by atoms with Crippen molar-refractivity contribution in [1.82, 2.24) is 14.3 Å². The van der Waals surface area contributed by atoms with Gasteiger partial charge in [-0.15, -0.1) is 0 Å². The molecule has 0 radical (unpaired) electrons. The predicted molar refractivity (Wildman–Crippen MR) is 73.1 cm³/mol. The van der Waals surface area contributed by atoms with Crippen molar-refractivity contribution in [2.45, 2.75) is 11.6 Å². The summed E-state index contributed by atoms with van der Waals surface area (Å²) in [4.78, 5) is 3.71. The van der Waals surface area contributed by atoms with Crippen LogP contribution in [-0.4, -0.2) is 18.0 Å². The molecule has 2 aromatic rings. The SMILES string of the molecule is Cn1cnc(N)c1S(=O)(=O)NCc1ccc(F)c(Cl)c1. The molecule has 0 spiro atoms. The molecule has 1 aromatic heterocycles. The summed E-state index contributed by atoms with van der Waals surface area (Å²) in [6.45, 7) is -0.0348. The van der Waals surface area contributed by atoms with Gasteiger partial charge in [0.15, 0.2) is 10.8 Å². The van der Waals surface area contributed by atoms with E-state index in [9.17, 15) is 12.8 Å². The van der Waals surface area contributed by atoms with Crippen molar-refractivity contribution >= 4 is 27.4 Å². The summed E-state index contributed by atoms with van der Waals surface area (Å²) in [5, 5.41) is -0.188. The van der Waals surface area contributed by atoms with Gasteiger partial charge >= 0.3 is 0 Å². The number of nitrogens with one attached hydrogen (secondary N) is 1. The van der Waals surface area contributed by atoms with Gasteiger partial charge in [-0.2, -0.15) is 0 Å². The molecule has 0 aliphatic carbocycles. The molecule has 3 N–H and O–H groups in total. The highest BCUT2D eigenvalue weighted by molar-refractivity contribution is 7.89. The Labute approximate surface area is 120 Å². The van der Waals surface area contributed by atoms with Gasteiger partial charge in [0.25, 0.3) is 10.0 Å². The first-order valence-electron chi connectivity index (χ1n) is 5.51. The van der Waals surface area contributed by atoms with E-state index in [-0.39, 0.29) is 22.4 Å². The smallest absolute Gasteiger partial charge is 0.260 e. The molecular formula is C11H12ClFN4O2S. The van der Waals surface area contributed by atoms with E-state index < -0.39 is 15.8 Å². The van der Waals surface area contributed by atoms with Gasteiger partial charge in [-0.1, -0.05) is 17.7 Å². The Morgan fingerprint density at radius 2 is 2.20 bits per heavy atom. The van der Waals surface area contributed by atoms with E-state index in [1.165, 1.54) is 36.1 Å². The summed E-state index contributed by atoms with van der Waals surface area (Å²) >= 11 is 5.63. The monoisotopic (exact) mass is 318 g/mol. The van der Waals surface area contributed by atoms with Gasteiger partial charge in [-0.25, -0.2) is 22.5 Å². The van der Waals surface area contributed by atoms with Crippen LogP contribution in [0.15, 0.2) is 29.6 Å². The Kier molecular flexibility index (Phi) is 3.98. The highest BCUT2D eigenvalue weighted by atomic mass is 35.5. The Hall–Kier alpha value is -1.64. The lowest BCUT2D eigenvalue weighted by molar-refractivity contribution is 0.571. The van der Waals surface area contributed by atoms with E-state index in [1.54, 1.807) is 0 Å². The average molecular weight is 319 g/mol. The molecular weight excluding hydrogens is 307 g/mol. The number of hydrogen-bond acceptors (Lipinski definition) is 4. The number of sulfonamides is 1. The van der Waals surface area contributed by atoms with Crippen LogP contribution in [0, 0.1) is 5.82 Å². The van der Waals surface area contributed by atoms with Crippen molar-refractivity contribution in [2.75, 3.05) is 5.73 Å². The summed E-state index contributed by atoms with van der Waals surface area (Å²) < 4.78 is 40.9. The molecule has 0 aliphatic heterocycles. The van der Waals surface area contributed by atoms with Crippen LogP contribution < -0.4 is 10.5 Å². The van der Waals surface area contributed by atoms with Gasteiger partial charge in [0.05, 0.1) is 11.3 Å². The summed E-state index contributed by atoms with van der Waals surface area (Å²) in [6, 6.07) is 3.97. The first kappa shape index (κ1) is 14.8. The van der Waals surface area contributed by atoms with Gasteiger partial charge in [0, 0.05) is 13.6 Å². The summed E-state index contributed by atoms with van der Waals surface area (Å²) in [6.07, 6.45) is 1.30. The zero-order valence-corrected chi connectivity index (χ0v) is 12.0. The fourth-order valence-corrected chi connectivity index (χ4v) is 3.11. The van der Waals surface area contributed by atoms with Crippen LogP contribution in [0.3, 0.4) is 0 Å². The van der Waals surface area contributed by atoms with Crippen LogP contribution in [0.5, 0.6) is 0 Å². The second-order valence-corrected chi connectivity index (χ2v) is 6.21. The van der Waals surface area contributed by atoms with E-state index >= 15 is 0 Å². The van der Waals surface area contributed by atoms with Crippen molar-refractivity contribution < 1.29 is 12.8 Å². The number of benzene rings is 1. The van der Waals surface area contributed by atoms with E-state index in [0.717, 1.165) is 0 Å². The fourth-order valence-electron chi connectivity index (χ4n) is 1.66. The van der Waals surface area contributed by atoms with E-state index in [1.807, 2.05) is 0 Å². The highest BCUT2D eigenvalue weighted by Crippen LogP contribution is 2.18. The van der Waals surface area contributed by atoms with Crippen LogP contribution in [0.2, 0.25) is 5.02 Å². The third-order valence-electron chi connectivity index (χ3n) is 2.61. The quantitative estimate of drug-likeness (QED) is 0.888. The topological polar surface area (TPSA) is 90.0 Å². The summed E-state index contributed by atoms with van der Waals surface area (Å²) in [5.41, 5.74) is 6.05. The maximum absolute atomic E-state index is 13.0. The van der Waals surface area contributed by atoms with E-state index in [2.05, 4.69) is 9.71 Å². The van der Waals surface area contributed by atoms with Gasteiger partial charge in [0.2, 0.25) is 0 Å². The molecule has 0 bridgehead atoms. The summed E-state index contributed by atoms with van der Waals surface area (Å²) in [7, 11) is -2.29. The Morgan fingerprint density at radius 1 is 1.50 bits per heavy atom. The van der Waals surface area contributed by atoms with Gasteiger partial charge in [-0.05, 0) is 17.7 Å². The molecule has 108 valence electrons. The standard InChI is InChI=1S/C11H12ClFN4O2S/c1-17-6-15-10(14)11(17)20(18,19)16-5-7-2-3-9(13)8(12)4-7/h2-4,6,16H,5,14H2,1H3. The molecule has 0 aliphatic rings. The third kappa shape index (κ3) is 2.92. The van der Waals surface area contributed by atoms with Gasteiger partial charge < -0.3 is 10.3 Å². The molecule has 0 amide bonds. The lowest BCUT2D eigenvalue weighted by Crippen LogP contribution is -2.26. The molecule has 2 rings (SSSR count). The molecule has 1 heterocycles. The number of aryl methyl sites for hydroxylation is 1. The second-order valence-electron chi connectivity index (χ2n) is 4.12. The van der Waals surface area contributed by atoms with Crippen molar-refractivity contribution in [2.24, 2.45) is 7.05 Å². The number of nitrogens with two attached hydrogens (primary N) is 1. The van der Waals surface area contributed by atoms with E-state index in [0.29, 0.717) is 5.56 Å². The molecule has 0 unspecified atom stereocenters. The van der Waals surface area contributed by atoms with Crippen LogP contribution in [0.1, 0.15) is 5.56 Å². The number of imidazole rings is 1. The number of nitrogens with zero attached hydrogens (tertiary/aromatic N) is 2. The molecule has 20 heavy (non-hydrogen) atoms. The molecule has 0 saturated carbocycles. The van der Waals surface area contributed by atoms with Crippen molar-refractivity contribution in [3.8, 4) is 0 Å². The van der Waals surface area contributed by atoms with Crippen LogP contribution in [0.4, 0.5) is 10.2 Å². The minimum Gasteiger partial charge on any atom is -0.381 e. The number of hydrogen-bond donors (Lipinski definition) is 2. The summed E-state index contributed by atoms with van der Waals surface area (Å²) in [5.74, 6) is -0.647. The molecule has 6 nitrogen and oxygen atoms in total. The lowest BCUT2D eigenvalue weighted by Gasteiger charge is -2.08. The molecule has 0 saturated heterocycles. The number of nitrogen functional groups attached to an aromatic ring is 1.